The highest BCUT2D eigenvalue weighted by Crippen LogP contribution is 2.26. The summed E-state index contributed by atoms with van der Waals surface area (Å²) in [5.41, 5.74) is 2.14. The summed E-state index contributed by atoms with van der Waals surface area (Å²) in [6.07, 6.45) is 1.82. The van der Waals surface area contributed by atoms with Crippen molar-refractivity contribution in [3.05, 3.63) is 71.7 Å². The number of hydrogen-bond acceptors (Lipinski definition) is 4. The van der Waals surface area contributed by atoms with Crippen molar-refractivity contribution in [1.29, 1.82) is 0 Å². The molecule has 0 saturated carbocycles. The van der Waals surface area contributed by atoms with Crippen LogP contribution >= 0.6 is 0 Å². The number of benzene rings is 2. The Hall–Kier alpha value is -3.14. The molecule has 0 fully saturated rings. The zero-order chi connectivity index (χ0) is 15.8. The first-order chi connectivity index (χ1) is 11.3. The van der Waals surface area contributed by atoms with Crippen molar-refractivity contribution < 1.29 is 9.62 Å². The SMILES string of the molecule is Cc1c(-c2cc3ccccc3cn2)oc2ccccc2c1=NO. The lowest BCUT2D eigenvalue weighted by molar-refractivity contribution is 0.302. The fourth-order valence-corrected chi connectivity index (χ4v) is 2.83. The highest BCUT2D eigenvalue weighted by molar-refractivity contribution is 5.86. The zero-order valence-corrected chi connectivity index (χ0v) is 12.5. The number of para-hydroxylation sites is 1. The molecular formula is C19H14N2O2. The lowest BCUT2D eigenvalue weighted by Gasteiger charge is -2.08. The van der Waals surface area contributed by atoms with Crippen LogP contribution in [0.3, 0.4) is 0 Å². The Morgan fingerprint density at radius 3 is 2.57 bits per heavy atom. The Morgan fingerprint density at radius 2 is 1.74 bits per heavy atom. The van der Waals surface area contributed by atoms with Crippen molar-refractivity contribution in [3.8, 4) is 11.5 Å². The molecule has 4 nitrogen and oxygen atoms in total. The van der Waals surface area contributed by atoms with Crippen molar-refractivity contribution in [2.75, 3.05) is 0 Å². The maximum atomic E-state index is 9.42. The van der Waals surface area contributed by atoms with E-state index in [1.807, 2.05) is 67.7 Å². The van der Waals surface area contributed by atoms with Crippen molar-refractivity contribution >= 4 is 21.7 Å². The van der Waals surface area contributed by atoms with Gasteiger partial charge < -0.3 is 9.62 Å². The lowest BCUT2D eigenvalue weighted by atomic mass is 10.1. The summed E-state index contributed by atoms with van der Waals surface area (Å²) in [5, 5.41) is 16.3. The summed E-state index contributed by atoms with van der Waals surface area (Å²) in [4.78, 5) is 4.50. The van der Waals surface area contributed by atoms with Gasteiger partial charge in [-0.1, -0.05) is 41.6 Å². The van der Waals surface area contributed by atoms with Crippen LogP contribution in [0.4, 0.5) is 0 Å². The van der Waals surface area contributed by atoms with Gasteiger partial charge in [-0.15, -0.1) is 0 Å². The molecule has 0 atom stereocenters. The fraction of sp³-hybridized carbons (Fsp3) is 0.0526. The van der Waals surface area contributed by atoms with Crippen LogP contribution in [0.1, 0.15) is 5.56 Å². The normalized spacial score (nSPS) is 12.1. The van der Waals surface area contributed by atoms with Crippen molar-refractivity contribution in [2.24, 2.45) is 5.16 Å². The quantitative estimate of drug-likeness (QED) is 0.422. The van der Waals surface area contributed by atoms with Gasteiger partial charge in [-0.05, 0) is 30.5 Å². The zero-order valence-electron chi connectivity index (χ0n) is 12.5. The molecule has 23 heavy (non-hydrogen) atoms. The van der Waals surface area contributed by atoms with E-state index in [-0.39, 0.29) is 0 Å². The number of nitrogens with zero attached hydrogens (tertiary/aromatic N) is 2. The van der Waals surface area contributed by atoms with Gasteiger partial charge in [-0.3, -0.25) is 4.98 Å². The molecule has 0 aliphatic heterocycles. The first kappa shape index (κ1) is 13.5. The average Bonchev–Trinajstić information content (AvgIpc) is 2.61. The largest absolute Gasteiger partial charge is 0.454 e. The van der Waals surface area contributed by atoms with Gasteiger partial charge in [0.25, 0.3) is 0 Å². The summed E-state index contributed by atoms with van der Waals surface area (Å²) in [6.45, 7) is 1.87. The van der Waals surface area contributed by atoms with E-state index in [9.17, 15) is 5.21 Å². The topological polar surface area (TPSA) is 58.6 Å². The Morgan fingerprint density at radius 1 is 1.00 bits per heavy atom. The minimum Gasteiger partial charge on any atom is -0.454 e. The van der Waals surface area contributed by atoms with Gasteiger partial charge in [0.1, 0.15) is 16.6 Å². The fourth-order valence-electron chi connectivity index (χ4n) is 2.83. The Bertz CT molecular complexity index is 1100. The van der Waals surface area contributed by atoms with E-state index >= 15 is 0 Å². The molecule has 2 heterocycles. The van der Waals surface area contributed by atoms with Crippen molar-refractivity contribution in [1.82, 2.24) is 4.98 Å². The molecule has 0 saturated heterocycles. The highest BCUT2D eigenvalue weighted by atomic mass is 16.4. The van der Waals surface area contributed by atoms with Gasteiger partial charge in [0.2, 0.25) is 0 Å². The van der Waals surface area contributed by atoms with Gasteiger partial charge in [0.15, 0.2) is 5.76 Å². The predicted molar refractivity (Wildman–Crippen MR) is 89.0 cm³/mol. The van der Waals surface area contributed by atoms with Crippen LogP contribution in [0.5, 0.6) is 0 Å². The molecule has 2 aromatic carbocycles. The predicted octanol–water partition coefficient (Wildman–Crippen LogP) is 4.25. The van der Waals surface area contributed by atoms with Gasteiger partial charge in [0, 0.05) is 22.5 Å². The molecule has 4 rings (SSSR count). The second-order valence-electron chi connectivity index (χ2n) is 5.42. The van der Waals surface area contributed by atoms with E-state index in [0.717, 1.165) is 27.4 Å². The van der Waals surface area contributed by atoms with Gasteiger partial charge in [-0.25, -0.2) is 0 Å². The van der Waals surface area contributed by atoms with Gasteiger partial charge in [-0.2, -0.15) is 0 Å². The Kier molecular flexibility index (Phi) is 3.08. The van der Waals surface area contributed by atoms with Crippen molar-refractivity contribution in [3.63, 3.8) is 0 Å². The van der Waals surface area contributed by atoms with E-state index in [1.54, 1.807) is 0 Å². The molecule has 0 aliphatic rings. The maximum Gasteiger partial charge on any atom is 0.158 e. The summed E-state index contributed by atoms with van der Waals surface area (Å²) < 4.78 is 6.04. The second kappa shape index (κ2) is 5.25. The molecule has 0 unspecified atom stereocenters. The number of pyridine rings is 1. The van der Waals surface area contributed by atoms with Crippen LogP contribution < -0.4 is 5.36 Å². The van der Waals surface area contributed by atoms with Crippen LogP contribution in [0.25, 0.3) is 33.2 Å². The second-order valence-corrected chi connectivity index (χ2v) is 5.42. The third-order valence-electron chi connectivity index (χ3n) is 4.01. The van der Waals surface area contributed by atoms with E-state index in [1.165, 1.54) is 0 Å². The van der Waals surface area contributed by atoms with E-state index in [0.29, 0.717) is 16.7 Å². The molecule has 1 N–H and O–H groups in total. The maximum absolute atomic E-state index is 9.42. The first-order valence-electron chi connectivity index (χ1n) is 7.33. The van der Waals surface area contributed by atoms with Crippen LogP contribution in [0.15, 0.2) is 70.4 Å². The summed E-state index contributed by atoms with van der Waals surface area (Å²) in [6, 6.07) is 17.5. The molecule has 0 radical (unpaired) electrons. The van der Waals surface area contributed by atoms with Crippen LogP contribution in [-0.2, 0) is 0 Å². The Balaban J connectivity index is 2.06. The summed E-state index contributed by atoms with van der Waals surface area (Å²) >= 11 is 0. The van der Waals surface area contributed by atoms with Gasteiger partial charge >= 0.3 is 0 Å². The minimum absolute atomic E-state index is 0.511. The monoisotopic (exact) mass is 302 g/mol. The van der Waals surface area contributed by atoms with E-state index < -0.39 is 0 Å². The van der Waals surface area contributed by atoms with Crippen LogP contribution in [0, 0.1) is 6.92 Å². The molecule has 4 aromatic rings. The third-order valence-corrected chi connectivity index (χ3v) is 4.01. The number of fused-ring (bicyclic) bond motifs is 2. The van der Waals surface area contributed by atoms with Crippen LogP contribution in [0.2, 0.25) is 0 Å². The average molecular weight is 302 g/mol. The van der Waals surface area contributed by atoms with Crippen molar-refractivity contribution in [2.45, 2.75) is 6.92 Å². The smallest absolute Gasteiger partial charge is 0.158 e. The van der Waals surface area contributed by atoms with E-state index in [2.05, 4.69) is 10.1 Å². The highest BCUT2D eigenvalue weighted by Gasteiger charge is 2.13. The Labute approximate surface area is 132 Å². The molecule has 0 amide bonds. The number of aromatic nitrogens is 1. The number of rotatable bonds is 1. The molecule has 0 spiro atoms. The number of hydrogen-bond donors (Lipinski definition) is 1. The molecule has 2 aromatic heterocycles. The van der Waals surface area contributed by atoms with Gasteiger partial charge in [0.05, 0.1) is 0 Å². The molecule has 4 heteroatoms. The summed E-state index contributed by atoms with van der Waals surface area (Å²) in [5.74, 6) is 0.613. The van der Waals surface area contributed by atoms with Crippen LogP contribution in [-0.4, -0.2) is 10.2 Å². The molecular weight excluding hydrogens is 288 g/mol. The molecule has 0 aliphatic carbocycles. The first-order valence-corrected chi connectivity index (χ1v) is 7.33. The molecule has 0 bridgehead atoms. The standard InChI is InChI=1S/C19H14N2O2/c1-12-18(21-22)15-8-4-5-9-17(15)23-19(12)16-10-13-6-2-3-7-14(13)11-20-16/h2-11,22H,1H3. The van der Waals surface area contributed by atoms with E-state index in [4.69, 9.17) is 4.42 Å². The molecule has 112 valence electrons. The third kappa shape index (κ3) is 2.16. The summed E-state index contributed by atoms with van der Waals surface area (Å²) in [7, 11) is 0. The minimum atomic E-state index is 0.511. The lowest BCUT2D eigenvalue weighted by Crippen LogP contribution is -2.10.